The number of halogens is 1. The minimum absolute atomic E-state index is 0.0215. The highest BCUT2D eigenvalue weighted by atomic mass is 19.1. The number of nitrogens with zero attached hydrogens (tertiary/aromatic N) is 6. The van der Waals surface area contributed by atoms with Crippen LogP contribution in [0.1, 0.15) is 24.6 Å². The maximum atomic E-state index is 13.7. The standard InChI is InChI=1S/C13H16FN7O3/c1-3-19-13(14)10(8-16-19)7-15-17-12(22)4-5-20-9(2)6-11(18-20)21(23)24/h6-8H,3-5H2,1-2H3,(H,17,22)/b15-7-. The molecule has 0 atom stereocenters. The molecule has 0 fully saturated rings. The Labute approximate surface area is 136 Å². The van der Waals surface area contributed by atoms with E-state index in [4.69, 9.17) is 0 Å². The summed E-state index contributed by atoms with van der Waals surface area (Å²) < 4.78 is 16.2. The quantitative estimate of drug-likeness (QED) is 0.459. The molecule has 2 heterocycles. The van der Waals surface area contributed by atoms with Gasteiger partial charge in [0.15, 0.2) is 0 Å². The molecule has 10 nitrogen and oxygen atoms in total. The molecule has 128 valence electrons. The van der Waals surface area contributed by atoms with Crippen LogP contribution in [0.25, 0.3) is 0 Å². The summed E-state index contributed by atoms with van der Waals surface area (Å²) in [6, 6.07) is 1.32. The van der Waals surface area contributed by atoms with Crippen molar-refractivity contribution in [2.75, 3.05) is 0 Å². The van der Waals surface area contributed by atoms with Crippen molar-refractivity contribution in [3.8, 4) is 0 Å². The summed E-state index contributed by atoms with van der Waals surface area (Å²) in [6.45, 7) is 3.97. The molecular formula is C13H16FN7O3. The molecule has 2 aromatic rings. The third kappa shape index (κ3) is 4.00. The molecule has 11 heteroatoms. The molecule has 0 saturated carbocycles. The van der Waals surface area contributed by atoms with E-state index in [1.54, 1.807) is 13.8 Å². The average molecular weight is 337 g/mol. The second-order valence-corrected chi connectivity index (χ2v) is 4.87. The van der Waals surface area contributed by atoms with Gasteiger partial charge in [-0.3, -0.25) is 4.79 Å². The molecule has 0 unspecified atom stereocenters. The van der Waals surface area contributed by atoms with Gasteiger partial charge in [0, 0.05) is 13.0 Å². The maximum Gasteiger partial charge on any atom is 0.390 e. The van der Waals surface area contributed by atoms with Gasteiger partial charge in [-0.05, 0) is 18.8 Å². The molecule has 0 saturated heterocycles. The predicted octanol–water partition coefficient (Wildman–Crippen LogP) is 0.996. The lowest BCUT2D eigenvalue weighted by Gasteiger charge is -1.99. The first-order chi connectivity index (χ1) is 11.4. The van der Waals surface area contributed by atoms with E-state index in [0.29, 0.717) is 12.2 Å². The zero-order valence-electron chi connectivity index (χ0n) is 13.1. The van der Waals surface area contributed by atoms with Crippen LogP contribution >= 0.6 is 0 Å². The van der Waals surface area contributed by atoms with Crippen LogP contribution in [0.4, 0.5) is 10.2 Å². The van der Waals surface area contributed by atoms with Crippen LogP contribution in [0.5, 0.6) is 0 Å². The minimum Gasteiger partial charge on any atom is -0.358 e. The van der Waals surface area contributed by atoms with Crippen LogP contribution in [0, 0.1) is 23.0 Å². The number of carbonyl (C=O) groups excluding carboxylic acids is 1. The Hall–Kier alpha value is -3.11. The zero-order valence-corrected chi connectivity index (χ0v) is 13.1. The van der Waals surface area contributed by atoms with Crippen LogP contribution in [0.2, 0.25) is 0 Å². The zero-order chi connectivity index (χ0) is 17.7. The number of hydrogen-bond acceptors (Lipinski definition) is 6. The molecule has 0 aliphatic heterocycles. The van der Waals surface area contributed by atoms with Gasteiger partial charge in [0.25, 0.3) is 0 Å². The maximum absolute atomic E-state index is 13.7. The van der Waals surface area contributed by atoms with Crippen LogP contribution in [0.15, 0.2) is 17.4 Å². The van der Waals surface area contributed by atoms with E-state index >= 15 is 0 Å². The van der Waals surface area contributed by atoms with Crippen molar-refractivity contribution in [1.82, 2.24) is 25.0 Å². The number of nitro groups is 1. The number of hydrazone groups is 1. The Bertz CT molecular complexity index is 781. The Morgan fingerprint density at radius 3 is 2.88 bits per heavy atom. The normalized spacial score (nSPS) is 11.1. The number of carbonyl (C=O) groups is 1. The monoisotopic (exact) mass is 337 g/mol. The number of nitrogens with one attached hydrogen (secondary N) is 1. The molecular weight excluding hydrogens is 321 g/mol. The number of hydrogen-bond donors (Lipinski definition) is 1. The van der Waals surface area contributed by atoms with E-state index in [0.717, 1.165) is 10.9 Å². The fourth-order valence-electron chi connectivity index (χ4n) is 1.94. The highest BCUT2D eigenvalue weighted by Crippen LogP contribution is 2.11. The molecule has 0 spiro atoms. The second-order valence-electron chi connectivity index (χ2n) is 4.87. The van der Waals surface area contributed by atoms with Crippen molar-refractivity contribution in [3.05, 3.63) is 39.6 Å². The molecule has 24 heavy (non-hydrogen) atoms. The largest absolute Gasteiger partial charge is 0.390 e. The van der Waals surface area contributed by atoms with E-state index in [9.17, 15) is 19.3 Å². The van der Waals surface area contributed by atoms with E-state index in [2.05, 4.69) is 20.7 Å². The molecule has 0 aromatic carbocycles. The van der Waals surface area contributed by atoms with Crippen LogP contribution in [0.3, 0.4) is 0 Å². The van der Waals surface area contributed by atoms with Crippen LogP contribution in [-0.4, -0.2) is 36.6 Å². The van der Waals surface area contributed by atoms with Crippen molar-refractivity contribution < 1.29 is 14.1 Å². The highest BCUT2D eigenvalue weighted by molar-refractivity contribution is 5.82. The number of rotatable bonds is 7. The summed E-state index contributed by atoms with van der Waals surface area (Å²) in [5.74, 6) is -1.23. The third-order valence-corrected chi connectivity index (χ3v) is 3.20. The lowest BCUT2D eigenvalue weighted by Crippen LogP contribution is -2.20. The van der Waals surface area contributed by atoms with Crippen LogP contribution < -0.4 is 5.43 Å². The van der Waals surface area contributed by atoms with Gasteiger partial charge in [-0.1, -0.05) is 0 Å². The van der Waals surface area contributed by atoms with Crippen molar-refractivity contribution in [1.29, 1.82) is 0 Å². The van der Waals surface area contributed by atoms with Crippen LogP contribution in [-0.2, 0) is 17.9 Å². The van der Waals surface area contributed by atoms with Crippen molar-refractivity contribution in [2.45, 2.75) is 33.4 Å². The molecule has 1 N–H and O–H groups in total. The molecule has 0 aliphatic rings. The summed E-state index contributed by atoms with van der Waals surface area (Å²) in [6.07, 6.45) is 2.49. The summed E-state index contributed by atoms with van der Waals surface area (Å²) in [4.78, 5) is 21.7. The smallest absolute Gasteiger partial charge is 0.358 e. The minimum atomic E-state index is -0.598. The lowest BCUT2D eigenvalue weighted by atomic mass is 10.4. The van der Waals surface area contributed by atoms with Gasteiger partial charge >= 0.3 is 5.82 Å². The van der Waals surface area contributed by atoms with Gasteiger partial charge in [-0.2, -0.15) is 19.3 Å². The molecule has 2 rings (SSSR count). The summed E-state index contributed by atoms with van der Waals surface area (Å²) >= 11 is 0. The number of amides is 1. The SMILES string of the molecule is CCn1ncc(/C=N\NC(=O)CCn2nc([N+](=O)[O-])cc2C)c1F. The lowest BCUT2D eigenvalue weighted by molar-refractivity contribution is -0.389. The summed E-state index contributed by atoms with van der Waals surface area (Å²) in [5, 5.41) is 21.9. The topological polar surface area (TPSA) is 120 Å². The first kappa shape index (κ1) is 17.2. The highest BCUT2D eigenvalue weighted by Gasteiger charge is 2.15. The first-order valence-corrected chi connectivity index (χ1v) is 7.14. The Morgan fingerprint density at radius 2 is 2.29 bits per heavy atom. The number of aromatic nitrogens is 4. The molecule has 1 amide bonds. The summed E-state index contributed by atoms with van der Waals surface area (Å²) in [5.41, 5.74) is 3.00. The Kier molecular flexibility index (Phi) is 5.35. The van der Waals surface area contributed by atoms with E-state index in [-0.39, 0.29) is 24.3 Å². The average Bonchev–Trinajstić information content (AvgIpc) is 3.09. The second kappa shape index (κ2) is 7.44. The van der Waals surface area contributed by atoms with Crippen molar-refractivity contribution in [2.24, 2.45) is 5.10 Å². The van der Waals surface area contributed by atoms with Crippen molar-refractivity contribution in [3.63, 3.8) is 0 Å². The summed E-state index contributed by atoms with van der Waals surface area (Å²) in [7, 11) is 0. The molecule has 0 bridgehead atoms. The molecule has 0 radical (unpaired) electrons. The Morgan fingerprint density at radius 1 is 1.54 bits per heavy atom. The fraction of sp³-hybridized carbons (Fsp3) is 0.385. The predicted molar refractivity (Wildman–Crippen MR) is 81.8 cm³/mol. The van der Waals surface area contributed by atoms with E-state index < -0.39 is 16.8 Å². The van der Waals surface area contributed by atoms with Gasteiger partial charge in [-0.25, -0.2) is 10.1 Å². The van der Waals surface area contributed by atoms with Gasteiger partial charge in [0.05, 0.1) is 41.4 Å². The third-order valence-electron chi connectivity index (χ3n) is 3.20. The Balaban J connectivity index is 1.86. The van der Waals surface area contributed by atoms with Gasteiger partial charge in [0.1, 0.15) is 0 Å². The van der Waals surface area contributed by atoms with E-state index in [1.807, 2.05) is 0 Å². The van der Waals surface area contributed by atoms with Crippen molar-refractivity contribution >= 4 is 17.9 Å². The molecule has 2 aromatic heterocycles. The van der Waals surface area contributed by atoms with Gasteiger partial charge in [0.2, 0.25) is 11.9 Å². The van der Waals surface area contributed by atoms with E-state index in [1.165, 1.54) is 16.9 Å². The fourth-order valence-corrected chi connectivity index (χ4v) is 1.94. The van der Waals surface area contributed by atoms with Gasteiger partial charge in [-0.15, -0.1) is 0 Å². The number of aryl methyl sites for hydroxylation is 3. The van der Waals surface area contributed by atoms with Gasteiger partial charge < -0.3 is 10.1 Å². The molecule has 0 aliphatic carbocycles. The first-order valence-electron chi connectivity index (χ1n) is 7.14.